The zero-order chi connectivity index (χ0) is 13.1. The second kappa shape index (κ2) is 4.62. The second-order valence-corrected chi connectivity index (χ2v) is 3.42. The molecule has 2 aromatic heterocycles. The highest BCUT2D eigenvalue weighted by Gasteiger charge is 2.15. The van der Waals surface area contributed by atoms with Crippen LogP contribution in [0.1, 0.15) is 26.4 Å². The Morgan fingerprint density at radius 2 is 2.06 bits per heavy atom. The molecule has 0 aliphatic rings. The summed E-state index contributed by atoms with van der Waals surface area (Å²) < 4.78 is 1.40. The van der Waals surface area contributed by atoms with E-state index < -0.39 is 11.9 Å². The fourth-order valence-electron chi connectivity index (χ4n) is 1.39. The van der Waals surface area contributed by atoms with Gasteiger partial charge in [0.25, 0.3) is 0 Å². The van der Waals surface area contributed by atoms with Crippen LogP contribution in [-0.4, -0.2) is 41.9 Å². The average molecular weight is 248 g/mol. The molecule has 92 valence electrons. The molecule has 0 spiro atoms. The minimum Gasteiger partial charge on any atom is -0.478 e. The molecule has 2 rings (SSSR count). The first kappa shape index (κ1) is 11.7. The molecule has 8 heteroatoms. The predicted octanol–water partition coefficient (Wildman–Crippen LogP) is 0.118. The van der Waals surface area contributed by atoms with E-state index in [-0.39, 0.29) is 23.4 Å². The smallest absolute Gasteiger partial charge is 0.337 e. The van der Waals surface area contributed by atoms with Crippen molar-refractivity contribution in [2.75, 3.05) is 0 Å². The molecule has 0 saturated carbocycles. The van der Waals surface area contributed by atoms with E-state index in [1.807, 2.05) is 0 Å². The van der Waals surface area contributed by atoms with Crippen molar-refractivity contribution in [3.8, 4) is 0 Å². The monoisotopic (exact) mass is 248 g/mol. The molecule has 0 bridgehead atoms. The molecule has 0 fully saturated rings. The number of rotatable bonds is 4. The van der Waals surface area contributed by atoms with Crippen molar-refractivity contribution in [3.63, 3.8) is 0 Å². The van der Waals surface area contributed by atoms with Crippen LogP contribution in [0.5, 0.6) is 0 Å². The SMILES string of the molecule is O=C(O)c1cnc(Cn2cncn2)c(C(=O)O)c1. The van der Waals surface area contributed by atoms with Crippen molar-refractivity contribution in [1.82, 2.24) is 19.7 Å². The van der Waals surface area contributed by atoms with Crippen LogP contribution in [0.15, 0.2) is 24.9 Å². The van der Waals surface area contributed by atoms with Gasteiger partial charge in [-0.2, -0.15) is 5.10 Å². The number of carboxylic acid groups (broad SMARTS) is 2. The Morgan fingerprint density at radius 1 is 1.28 bits per heavy atom. The molecule has 8 nitrogen and oxygen atoms in total. The maximum atomic E-state index is 11.0. The molecule has 0 radical (unpaired) electrons. The van der Waals surface area contributed by atoms with E-state index in [0.717, 1.165) is 12.3 Å². The van der Waals surface area contributed by atoms with E-state index in [2.05, 4.69) is 15.1 Å². The van der Waals surface area contributed by atoms with Gasteiger partial charge < -0.3 is 10.2 Å². The van der Waals surface area contributed by atoms with Crippen molar-refractivity contribution in [1.29, 1.82) is 0 Å². The normalized spacial score (nSPS) is 10.2. The third-order valence-corrected chi connectivity index (χ3v) is 2.23. The lowest BCUT2D eigenvalue weighted by Gasteiger charge is -2.05. The molecule has 0 aliphatic heterocycles. The lowest BCUT2D eigenvalue weighted by Crippen LogP contribution is -2.12. The van der Waals surface area contributed by atoms with E-state index in [1.165, 1.54) is 17.3 Å². The molecule has 0 atom stereocenters. The van der Waals surface area contributed by atoms with Crippen molar-refractivity contribution in [2.45, 2.75) is 6.54 Å². The Balaban J connectivity index is 2.40. The summed E-state index contributed by atoms with van der Waals surface area (Å²) in [5.41, 5.74) is -0.113. The van der Waals surface area contributed by atoms with Crippen molar-refractivity contribution >= 4 is 11.9 Å². The van der Waals surface area contributed by atoms with Gasteiger partial charge in [0.15, 0.2) is 0 Å². The van der Waals surface area contributed by atoms with Crippen molar-refractivity contribution in [2.24, 2.45) is 0 Å². The van der Waals surface area contributed by atoms with Crippen LogP contribution in [0, 0.1) is 0 Å². The highest BCUT2D eigenvalue weighted by atomic mass is 16.4. The number of hydrogen-bond donors (Lipinski definition) is 2. The average Bonchev–Trinajstić information content (AvgIpc) is 2.81. The van der Waals surface area contributed by atoms with Crippen molar-refractivity contribution in [3.05, 3.63) is 41.7 Å². The first-order valence-corrected chi connectivity index (χ1v) is 4.86. The number of hydrogen-bond acceptors (Lipinski definition) is 5. The topological polar surface area (TPSA) is 118 Å². The fraction of sp³-hybridized carbons (Fsp3) is 0.100. The first-order valence-electron chi connectivity index (χ1n) is 4.86. The standard InChI is InChI=1S/C10H8N4O4/c15-9(16)6-1-7(10(17)18)8(12-2-6)3-14-5-11-4-13-14/h1-2,4-5H,3H2,(H,15,16)(H,17,18). The fourth-order valence-corrected chi connectivity index (χ4v) is 1.39. The Bertz CT molecular complexity index is 594. The lowest BCUT2D eigenvalue weighted by molar-refractivity contribution is 0.0695. The van der Waals surface area contributed by atoms with Crippen LogP contribution in [0.3, 0.4) is 0 Å². The van der Waals surface area contributed by atoms with E-state index in [9.17, 15) is 9.59 Å². The molecular formula is C10H8N4O4. The maximum absolute atomic E-state index is 11.0. The van der Waals surface area contributed by atoms with Crippen molar-refractivity contribution < 1.29 is 19.8 Å². The molecular weight excluding hydrogens is 240 g/mol. The summed E-state index contributed by atoms with van der Waals surface area (Å²) in [6, 6.07) is 1.07. The quantitative estimate of drug-likeness (QED) is 0.788. The Morgan fingerprint density at radius 3 is 2.61 bits per heavy atom. The number of pyridine rings is 1. The van der Waals surface area contributed by atoms with Gasteiger partial charge >= 0.3 is 11.9 Å². The molecule has 0 aliphatic carbocycles. The Hall–Kier alpha value is -2.77. The summed E-state index contributed by atoms with van der Waals surface area (Å²) in [7, 11) is 0. The van der Waals surface area contributed by atoms with E-state index in [1.54, 1.807) is 0 Å². The van der Waals surface area contributed by atoms with Gasteiger partial charge in [-0.1, -0.05) is 0 Å². The summed E-state index contributed by atoms with van der Waals surface area (Å²) in [6.45, 7) is 0.113. The van der Waals surface area contributed by atoms with E-state index in [4.69, 9.17) is 10.2 Å². The molecule has 2 aromatic rings. The van der Waals surface area contributed by atoms with Gasteiger partial charge in [0, 0.05) is 6.20 Å². The second-order valence-electron chi connectivity index (χ2n) is 3.42. The van der Waals surface area contributed by atoms with E-state index >= 15 is 0 Å². The van der Waals surface area contributed by atoms with Crippen LogP contribution in [0.25, 0.3) is 0 Å². The number of nitrogens with zero attached hydrogens (tertiary/aromatic N) is 4. The molecule has 0 unspecified atom stereocenters. The van der Waals surface area contributed by atoms with Gasteiger partial charge in [-0.15, -0.1) is 0 Å². The number of aromatic nitrogens is 4. The zero-order valence-corrected chi connectivity index (χ0v) is 9.02. The summed E-state index contributed by atoms with van der Waals surface area (Å²) in [5, 5.41) is 21.6. The summed E-state index contributed by atoms with van der Waals surface area (Å²) in [4.78, 5) is 29.4. The number of aromatic carboxylic acids is 2. The first-order chi connectivity index (χ1) is 8.58. The van der Waals surface area contributed by atoms with Gasteiger partial charge in [0.05, 0.1) is 23.4 Å². The molecule has 18 heavy (non-hydrogen) atoms. The van der Waals surface area contributed by atoms with Gasteiger partial charge in [-0.25, -0.2) is 19.3 Å². The third-order valence-electron chi connectivity index (χ3n) is 2.23. The number of carbonyl (C=O) groups is 2. The zero-order valence-electron chi connectivity index (χ0n) is 9.02. The van der Waals surface area contributed by atoms with Gasteiger partial charge in [0.1, 0.15) is 12.7 Å². The van der Waals surface area contributed by atoms with Crippen LogP contribution in [0.2, 0.25) is 0 Å². The Labute approximate surface area is 101 Å². The summed E-state index contributed by atoms with van der Waals surface area (Å²) in [5.74, 6) is -2.46. The van der Waals surface area contributed by atoms with Crippen LogP contribution >= 0.6 is 0 Å². The largest absolute Gasteiger partial charge is 0.478 e. The van der Waals surface area contributed by atoms with Crippen LogP contribution < -0.4 is 0 Å². The predicted molar refractivity (Wildman–Crippen MR) is 57.3 cm³/mol. The molecule has 2 heterocycles. The number of carboxylic acids is 2. The molecule has 2 N–H and O–H groups in total. The van der Waals surface area contributed by atoms with Gasteiger partial charge in [0.2, 0.25) is 0 Å². The molecule has 0 aromatic carbocycles. The minimum absolute atomic E-state index is 0.113. The minimum atomic E-state index is -1.24. The lowest BCUT2D eigenvalue weighted by atomic mass is 10.1. The van der Waals surface area contributed by atoms with Gasteiger partial charge in [-0.05, 0) is 6.07 Å². The highest BCUT2D eigenvalue weighted by Crippen LogP contribution is 2.10. The maximum Gasteiger partial charge on any atom is 0.337 e. The highest BCUT2D eigenvalue weighted by molar-refractivity contribution is 5.94. The molecule has 0 saturated heterocycles. The van der Waals surface area contributed by atoms with E-state index in [0.29, 0.717) is 0 Å². The third kappa shape index (κ3) is 2.32. The summed E-state index contributed by atoms with van der Waals surface area (Å²) >= 11 is 0. The Kier molecular flexibility index (Phi) is 3.00. The van der Waals surface area contributed by atoms with Gasteiger partial charge in [-0.3, -0.25) is 4.98 Å². The van der Waals surface area contributed by atoms with Crippen LogP contribution in [-0.2, 0) is 6.54 Å². The molecule has 0 amide bonds. The van der Waals surface area contributed by atoms with Crippen LogP contribution in [0.4, 0.5) is 0 Å². The summed E-state index contributed by atoms with van der Waals surface area (Å²) in [6.07, 6.45) is 3.84.